The van der Waals surface area contributed by atoms with Gasteiger partial charge in [-0.3, -0.25) is 0 Å². The summed E-state index contributed by atoms with van der Waals surface area (Å²) in [5, 5.41) is 13.4. The van der Waals surface area contributed by atoms with Crippen molar-refractivity contribution in [3.8, 4) is 0 Å². The van der Waals surface area contributed by atoms with Crippen LogP contribution >= 0.6 is 0 Å². The fraction of sp³-hybridized carbons (Fsp3) is 0.462. The van der Waals surface area contributed by atoms with Crippen LogP contribution in [0.4, 0.5) is 0 Å². The highest BCUT2D eigenvalue weighted by Gasteiger charge is 2.18. The van der Waals surface area contributed by atoms with E-state index in [-0.39, 0.29) is 5.69 Å². The van der Waals surface area contributed by atoms with E-state index in [4.69, 9.17) is 5.11 Å². The Morgan fingerprint density at radius 2 is 2.06 bits per heavy atom. The number of aromatic nitrogens is 3. The van der Waals surface area contributed by atoms with E-state index >= 15 is 0 Å². The van der Waals surface area contributed by atoms with Crippen molar-refractivity contribution in [2.75, 3.05) is 0 Å². The van der Waals surface area contributed by atoms with Crippen molar-refractivity contribution in [2.24, 2.45) is 0 Å². The summed E-state index contributed by atoms with van der Waals surface area (Å²) in [5.41, 5.74) is 1.69. The van der Waals surface area contributed by atoms with Crippen LogP contribution in [0.2, 0.25) is 0 Å². The molecule has 1 aliphatic rings. The number of carbonyl (C=O) groups is 1. The zero-order valence-corrected chi connectivity index (χ0v) is 10.0. The van der Waals surface area contributed by atoms with Gasteiger partial charge in [0.15, 0.2) is 11.3 Å². The van der Waals surface area contributed by atoms with E-state index in [9.17, 15) is 4.79 Å². The second kappa shape index (κ2) is 4.40. The summed E-state index contributed by atoms with van der Waals surface area (Å²) < 4.78 is 1.58. The molecule has 94 valence electrons. The molecule has 1 aliphatic carbocycles. The van der Waals surface area contributed by atoms with Gasteiger partial charge in [0.05, 0.1) is 11.9 Å². The molecule has 0 aliphatic heterocycles. The van der Waals surface area contributed by atoms with Crippen molar-refractivity contribution >= 4 is 11.6 Å². The molecule has 2 aromatic rings. The Labute approximate surface area is 104 Å². The smallest absolute Gasteiger partial charge is 0.356 e. The van der Waals surface area contributed by atoms with Crippen molar-refractivity contribution in [3.63, 3.8) is 0 Å². The van der Waals surface area contributed by atoms with E-state index in [0.29, 0.717) is 11.6 Å². The van der Waals surface area contributed by atoms with Gasteiger partial charge < -0.3 is 5.11 Å². The van der Waals surface area contributed by atoms with Crippen molar-refractivity contribution in [2.45, 2.75) is 38.0 Å². The normalized spacial score (nSPS) is 17.1. The quantitative estimate of drug-likeness (QED) is 0.882. The summed E-state index contributed by atoms with van der Waals surface area (Å²) >= 11 is 0. The van der Waals surface area contributed by atoms with Crippen LogP contribution in [-0.4, -0.2) is 25.7 Å². The standard InChI is InChI=1S/C13H15N3O2/c17-13(18)11-8-16-12(14-11)7-6-10(15-16)9-4-2-1-3-5-9/h6-9H,1-5H2,(H,17,18). The van der Waals surface area contributed by atoms with E-state index in [1.165, 1.54) is 38.3 Å². The predicted molar refractivity (Wildman–Crippen MR) is 65.8 cm³/mol. The van der Waals surface area contributed by atoms with Gasteiger partial charge >= 0.3 is 5.97 Å². The Hall–Kier alpha value is -1.91. The Morgan fingerprint density at radius 3 is 2.78 bits per heavy atom. The first-order valence-electron chi connectivity index (χ1n) is 6.33. The Bertz CT molecular complexity index is 585. The molecule has 5 nitrogen and oxygen atoms in total. The molecular weight excluding hydrogens is 230 g/mol. The number of carboxylic acid groups (broad SMARTS) is 1. The first kappa shape index (κ1) is 11.2. The van der Waals surface area contributed by atoms with E-state index in [2.05, 4.69) is 10.1 Å². The monoisotopic (exact) mass is 245 g/mol. The molecule has 2 heterocycles. The van der Waals surface area contributed by atoms with Gasteiger partial charge in [-0.15, -0.1) is 0 Å². The Morgan fingerprint density at radius 1 is 1.28 bits per heavy atom. The van der Waals surface area contributed by atoms with Gasteiger partial charge in [-0.25, -0.2) is 14.3 Å². The molecule has 0 atom stereocenters. The lowest BCUT2D eigenvalue weighted by atomic mass is 9.87. The molecule has 0 bridgehead atoms. The molecule has 1 N–H and O–H groups in total. The van der Waals surface area contributed by atoms with Crippen LogP contribution in [0, 0.1) is 0 Å². The van der Waals surface area contributed by atoms with Crippen LogP contribution < -0.4 is 0 Å². The number of carboxylic acids is 1. The molecule has 0 spiro atoms. The lowest BCUT2D eigenvalue weighted by Gasteiger charge is -2.20. The van der Waals surface area contributed by atoms with Crippen LogP contribution in [-0.2, 0) is 0 Å². The second-order valence-corrected chi connectivity index (χ2v) is 4.83. The van der Waals surface area contributed by atoms with Gasteiger partial charge in [0.2, 0.25) is 0 Å². The zero-order chi connectivity index (χ0) is 12.5. The van der Waals surface area contributed by atoms with Gasteiger partial charge in [0, 0.05) is 5.92 Å². The molecule has 0 saturated heterocycles. The van der Waals surface area contributed by atoms with Gasteiger partial charge in [0.25, 0.3) is 0 Å². The van der Waals surface area contributed by atoms with Crippen molar-refractivity contribution in [3.05, 3.63) is 29.7 Å². The number of fused-ring (bicyclic) bond motifs is 1. The highest BCUT2D eigenvalue weighted by molar-refractivity contribution is 5.85. The van der Waals surface area contributed by atoms with E-state index in [0.717, 1.165) is 5.69 Å². The van der Waals surface area contributed by atoms with Crippen LogP contribution in [0.5, 0.6) is 0 Å². The minimum absolute atomic E-state index is 0.0447. The summed E-state index contributed by atoms with van der Waals surface area (Å²) in [4.78, 5) is 14.9. The number of imidazole rings is 1. The maximum Gasteiger partial charge on any atom is 0.356 e. The van der Waals surface area contributed by atoms with Crippen LogP contribution in [0.3, 0.4) is 0 Å². The lowest BCUT2D eigenvalue weighted by molar-refractivity contribution is 0.0691. The highest BCUT2D eigenvalue weighted by atomic mass is 16.4. The molecule has 2 aromatic heterocycles. The minimum atomic E-state index is -1.01. The number of rotatable bonds is 2. The molecule has 1 fully saturated rings. The van der Waals surface area contributed by atoms with Crippen molar-refractivity contribution in [1.82, 2.24) is 14.6 Å². The lowest BCUT2D eigenvalue weighted by Crippen LogP contribution is -2.08. The summed E-state index contributed by atoms with van der Waals surface area (Å²) in [7, 11) is 0. The third-order valence-corrected chi connectivity index (χ3v) is 3.58. The number of aromatic carboxylic acids is 1. The molecular formula is C13H15N3O2. The second-order valence-electron chi connectivity index (χ2n) is 4.83. The largest absolute Gasteiger partial charge is 0.476 e. The van der Waals surface area contributed by atoms with Gasteiger partial charge in [-0.1, -0.05) is 19.3 Å². The fourth-order valence-electron chi connectivity index (χ4n) is 2.62. The van der Waals surface area contributed by atoms with Gasteiger partial charge in [-0.05, 0) is 25.0 Å². The maximum atomic E-state index is 10.9. The summed E-state index contributed by atoms with van der Waals surface area (Å²) in [6.45, 7) is 0. The third-order valence-electron chi connectivity index (χ3n) is 3.58. The minimum Gasteiger partial charge on any atom is -0.476 e. The van der Waals surface area contributed by atoms with E-state index in [1.54, 1.807) is 4.52 Å². The van der Waals surface area contributed by atoms with E-state index in [1.807, 2.05) is 12.1 Å². The number of hydrogen-bond acceptors (Lipinski definition) is 3. The molecule has 0 unspecified atom stereocenters. The highest BCUT2D eigenvalue weighted by Crippen LogP contribution is 2.31. The number of hydrogen-bond donors (Lipinski definition) is 1. The molecule has 0 radical (unpaired) electrons. The summed E-state index contributed by atoms with van der Waals surface area (Å²) in [6, 6.07) is 3.83. The Balaban J connectivity index is 1.96. The van der Waals surface area contributed by atoms with Crippen LogP contribution in [0.1, 0.15) is 54.2 Å². The predicted octanol–water partition coefficient (Wildman–Crippen LogP) is 2.48. The van der Waals surface area contributed by atoms with Gasteiger partial charge in [-0.2, -0.15) is 5.10 Å². The topological polar surface area (TPSA) is 67.5 Å². The molecule has 0 amide bonds. The first-order valence-corrected chi connectivity index (χ1v) is 6.33. The van der Waals surface area contributed by atoms with Crippen molar-refractivity contribution in [1.29, 1.82) is 0 Å². The summed E-state index contributed by atoms with van der Waals surface area (Å²) in [6.07, 6.45) is 7.67. The molecule has 3 rings (SSSR count). The van der Waals surface area contributed by atoms with Crippen LogP contribution in [0.25, 0.3) is 5.65 Å². The van der Waals surface area contributed by atoms with Crippen molar-refractivity contribution < 1.29 is 9.90 Å². The molecule has 5 heteroatoms. The maximum absolute atomic E-state index is 10.9. The third kappa shape index (κ3) is 1.96. The fourth-order valence-corrected chi connectivity index (χ4v) is 2.62. The molecule has 0 aromatic carbocycles. The average molecular weight is 245 g/mol. The van der Waals surface area contributed by atoms with Crippen LogP contribution in [0.15, 0.2) is 18.3 Å². The number of nitrogens with zero attached hydrogens (tertiary/aromatic N) is 3. The Kier molecular flexibility index (Phi) is 2.74. The average Bonchev–Trinajstić information content (AvgIpc) is 2.82. The zero-order valence-electron chi connectivity index (χ0n) is 10.0. The SMILES string of the molecule is O=C(O)c1cn2nc(C3CCCCC3)ccc2n1. The van der Waals surface area contributed by atoms with E-state index < -0.39 is 5.97 Å². The molecule has 18 heavy (non-hydrogen) atoms. The first-order chi connectivity index (χ1) is 8.74. The van der Waals surface area contributed by atoms with Gasteiger partial charge in [0.1, 0.15) is 0 Å². The summed E-state index contributed by atoms with van der Waals surface area (Å²) in [5.74, 6) is -0.501. The molecule has 1 saturated carbocycles.